The van der Waals surface area contributed by atoms with E-state index >= 15 is 0 Å². The molecule has 21 nitrogen and oxygen atoms in total. The van der Waals surface area contributed by atoms with E-state index in [4.69, 9.17) is 14.6 Å². The molecule has 8 aromatic carbocycles. The lowest BCUT2D eigenvalue weighted by atomic mass is 9.99. The second-order valence-corrected chi connectivity index (χ2v) is 27.7. The van der Waals surface area contributed by atoms with Crippen molar-refractivity contribution in [2.75, 3.05) is 66.7 Å². The highest BCUT2D eigenvalue weighted by Gasteiger charge is 2.17. The van der Waals surface area contributed by atoms with Gasteiger partial charge in [0.05, 0.1) is 77.8 Å². The van der Waals surface area contributed by atoms with Crippen LogP contribution in [0.1, 0.15) is 103 Å². The molecule has 1 saturated heterocycles. The molecule has 0 aliphatic carbocycles. The third-order valence-corrected chi connectivity index (χ3v) is 19.1. The second kappa shape index (κ2) is 41.8. The number of aliphatic hydroxyl groups is 1. The Morgan fingerprint density at radius 2 is 0.688 bits per heavy atom. The topological polar surface area (TPSA) is 236 Å². The molecule has 0 bridgehead atoms. The molecule has 1 aliphatic rings. The van der Waals surface area contributed by atoms with Gasteiger partial charge in [0.1, 0.15) is 28.8 Å². The quantitative estimate of drug-likeness (QED) is 0.0412. The van der Waals surface area contributed by atoms with Crippen LogP contribution in [0.5, 0.6) is 0 Å². The summed E-state index contributed by atoms with van der Waals surface area (Å²) in [5, 5.41) is 42.1. The molecule has 0 amide bonds. The van der Waals surface area contributed by atoms with Crippen LogP contribution in [-0.4, -0.2) is 165 Å². The summed E-state index contributed by atoms with van der Waals surface area (Å²) in [6.07, 6.45) is 14.5. The third-order valence-electron chi connectivity index (χ3n) is 19.1. The Balaban J connectivity index is 0.000000156. The van der Waals surface area contributed by atoms with Crippen LogP contribution in [0.25, 0.3) is 22.7 Å². The molecule has 1 N–H and O–H groups in total. The molecule has 12 aromatic rings. The molecule has 1 fully saturated rings. The molecule has 0 unspecified atom stereocenters. The summed E-state index contributed by atoms with van der Waals surface area (Å²) in [6.45, 7) is 17.6. The largest absolute Gasteiger partial charge is 0.396 e. The van der Waals surface area contributed by atoms with E-state index < -0.39 is 0 Å². The number of carbonyl (C=O) groups is 4. The standard InChI is InChI=1S/C26H33N5O.2C21H23N3O2.C20H21N3O2/c1-21-6-3-4-7-23(21)19-26(32)18-22-9-11-25(12-10-22)31-20-24(27-28-31)8-5-13-30-16-14-29(2)15-17-30;1-16-5-3-4-6-18(16)14-21(25)13-17-7-9-20(10-8-17)24-15-19(22-23-24)11-12-26-2;1-3-26-15-19-14-24(23-22-19)20-10-8-17(9-11-20)12-21(25)13-18-7-5-4-6-16(18)2;1-15-4-2-3-5-17(15)13-20(25)12-16-6-8-19(9-7-16)23-14-18(10-11-24)21-22-23/h3-4,6-7,9-12,20H,5,8,13-19H2,1-2H3;3-10,15H,11-14H2,1-2H3;4-11,14H,3,12-13,15H2,1-2H3;2-9,14,24H,10-13H2,1H3. The van der Waals surface area contributed by atoms with Crippen molar-refractivity contribution in [1.82, 2.24) is 69.8 Å². The van der Waals surface area contributed by atoms with Crippen LogP contribution in [0.3, 0.4) is 0 Å². The predicted molar refractivity (Wildman–Crippen MR) is 424 cm³/mol. The fraction of sp³-hybridized carbons (Fsp3) is 0.318. The van der Waals surface area contributed by atoms with E-state index in [1.165, 1.54) is 5.56 Å². The highest BCUT2D eigenvalue weighted by atomic mass is 16.5. The first-order valence-electron chi connectivity index (χ1n) is 37.4. The minimum atomic E-state index is 0.0562. The number of Topliss-reactive ketones (excluding diaryl/α,β-unsaturated/α-hetero) is 4. The molecule has 109 heavy (non-hydrogen) atoms. The lowest BCUT2D eigenvalue weighted by Gasteiger charge is -2.32. The summed E-state index contributed by atoms with van der Waals surface area (Å²) >= 11 is 0. The first-order valence-corrected chi connectivity index (χ1v) is 37.4. The Hall–Kier alpha value is -11.2. The van der Waals surface area contributed by atoms with Crippen molar-refractivity contribution in [3.05, 3.63) is 308 Å². The summed E-state index contributed by atoms with van der Waals surface area (Å²) in [6, 6.07) is 63.6. The maximum atomic E-state index is 12.5. The number of hydrogen-bond acceptors (Lipinski definition) is 17. The van der Waals surface area contributed by atoms with Gasteiger partial charge in [0.25, 0.3) is 0 Å². The fourth-order valence-electron chi connectivity index (χ4n) is 12.5. The van der Waals surface area contributed by atoms with Gasteiger partial charge in [-0.25, -0.2) is 18.7 Å². The second-order valence-electron chi connectivity index (χ2n) is 27.7. The van der Waals surface area contributed by atoms with E-state index in [-0.39, 0.29) is 29.7 Å². The Labute approximate surface area is 639 Å². The molecule has 1 aliphatic heterocycles. The fourth-order valence-corrected chi connectivity index (χ4v) is 12.5. The number of likely N-dealkylation sites (N-methyl/N-ethyl adjacent to an activating group) is 1. The lowest BCUT2D eigenvalue weighted by molar-refractivity contribution is -0.118. The van der Waals surface area contributed by atoms with Gasteiger partial charge in [0.15, 0.2) is 0 Å². The number of carbonyl (C=O) groups excluding carboxylic acids is 4. The Bertz CT molecular complexity index is 4680. The number of ether oxygens (including phenoxy) is 2. The van der Waals surface area contributed by atoms with Gasteiger partial charge in [-0.2, -0.15) is 0 Å². The van der Waals surface area contributed by atoms with Crippen LogP contribution >= 0.6 is 0 Å². The number of ketones is 4. The number of aryl methyl sites for hydroxylation is 5. The molecule has 21 heteroatoms. The number of aromatic nitrogens is 12. The number of piperazine rings is 1. The summed E-state index contributed by atoms with van der Waals surface area (Å²) in [7, 11) is 3.86. The first kappa shape index (κ1) is 80.3. The number of hydrogen-bond donors (Lipinski definition) is 1. The molecule has 4 aromatic heterocycles. The van der Waals surface area contributed by atoms with Gasteiger partial charge in [-0.05, 0) is 176 Å². The van der Waals surface area contributed by atoms with Crippen molar-refractivity contribution in [3.63, 3.8) is 0 Å². The van der Waals surface area contributed by atoms with E-state index in [1.807, 2.05) is 239 Å². The van der Waals surface area contributed by atoms with Crippen LogP contribution in [0.15, 0.2) is 219 Å². The first-order chi connectivity index (χ1) is 53.0. The van der Waals surface area contributed by atoms with Gasteiger partial charge in [0, 0.05) is 111 Å². The van der Waals surface area contributed by atoms with Gasteiger partial charge >= 0.3 is 0 Å². The van der Waals surface area contributed by atoms with Crippen molar-refractivity contribution < 1.29 is 33.8 Å². The zero-order valence-corrected chi connectivity index (χ0v) is 63.8. The van der Waals surface area contributed by atoms with Crippen LogP contribution in [0, 0.1) is 27.7 Å². The van der Waals surface area contributed by atoms with Crippen LogP contribution in [-0.2, 0) is 106 Å². The van der Waals surface area contributed by atoms with Crippen molar-refractivity contribution in [2.45, 2.75) is 118 Å². The Morgan fingerprint density at radius 3 is 1.00 bits per heavy atom. The number of rotatable bonds is 32. The van der Waals surface area contributed by atoms with E-state index in [1.54, 1.807) is 27.4 Å². The number of benzene rings is 8. The smallest absolute Gasteiger partial charge is 0.141 e. The van der Waals surface area contributed by atoms with Crippen molar-refractivity contribution >= 4 is 23.1 Å². The molecule has 13 rings (SSSR count). The van der Waals surface area contributed by atoms with Gasteiger partial charge < -0.3 is 24.4 Å². The zero-order valence-electron chi connectivity index (χ0n) is 63.8. The summed E-state index contributed by atoms with van der Waals surface area (Å²) in [5.74, 6) is 0.866. The maximum Gasteiger partial charge on any atom is 0.141 e. The SMILES string of the molecule is CCOCc1cn(-c2ccc(CC(=O)Cc3ccccc3C)cc2)nn1.COCCc1cn(-c2ccc(CC(=O)Cc3ccccc3C)cc2)nn1.Cc1ccccc1CC(=O)Cc1ccc(-n2cc(CCCN3CCN(C)CC3)nn2)cc1.Cc1ccccc1CC(=O)Cc1ccc(-n2cc(CCO)nn2)cc1. The molecule has 0 spiro atoms. The molecule has 0 atom stereocenters. The lowest BCUT2D eigenvalue weighted by Crippen LogP contribution is -2.44. The van der Waals surface area contributed by atoms with Crippen molar-refractivity contribution in [1.29, 1.82) is 0 Å². The predicted octanol–water partition coefficient (Wildman–Crippen LogP) is 12.2. The summed E-state index contributed by atoms with van der Waals surface area (Å²) < 4.78 is 17.3. The van der Waals surface area contributed by atoms with Crippen LogP contribution in [0.2, 0.25) is 0 Å². The summed E-state index contributed by atoms with van der Waals surface area (Å²) in [4.78, 5) is 54.4. The molecule has 5 heterocycles. The highest BCUT2D eigenvalue weighted by Crippen LogP contribution is 2.20. The van der Waals surface area contributed by atoms with E-state index in [2.05, 4.69) is 71.1 Å². The van der Waals surface area contributed by atoms with Crippen LogP contribution in [0.4, 0.5) is 0 Å². The summed E-state index contributed by atoms with van der Waals surface area (Å²) in [5.41, 5.74) is 20.2. The molecule has 564 valence electrons. The van der Waals surface area contributed by atoms with Gasteiger partial charge in [-0.1, -0.05) is 166 Å². The minimum absolute atomic E-state index is 0.0562. The van der Waals surface area contributed by atoms with Crippen molar-refractivity contribution in [3.8, 4) is 22.7 Å². The highest BCUT2D eigenvalue weighted by molar-refractivity contribution is 5.85. The Kier molecular flexibility index (Phi) is 30.8. The molecule has 0 saturated carbocycles. The average molecular weight is 1470 g/mol. The number of nitrogens with zero attached hydrogens (tertiary/aromatic N) is 14. The Morgan fingerprint density at radius 1 is 0.385 bits per heavy atom. The van der Waals surface area contributed by atoms with Gasteiger partial charge in [-0.3, -0.25) is 19.2 Å². The normalized spacial score (nSPS) is 12.1. The molecular weight excluding hydrogens is 1370 g/mol. The van der Waals surface area contributed by atoms with E-state index in [0.717, 1.165) is 159 Å². The van der Waals surface area contributed by atoms with E-state index in [9.17, 15) is 19.2 Å². The number of methoxy groups -OCH3 is 1. The van der Waals surface area contributed by atoms with Gasteiger partial charge in [0.2, 0.25) is 0 Å². The average Bonchev–Trinajstić information content (AvgIpc) is 1.30. The van der Waals surface area contributed by atoms with Crippen molar-refractivity contribution in [2.24, 2.45) is 0 Å². The van der Waals surface area contributed by atoms with Gasteiger partial charge in [-0.15, -0.1) is 20.4 Å². The minimum Gasteiger partial charge on any atom is -0.396 e. The van der Waals surface area contributed by atoms with E-state index in [0.29, 0.717) is 77.6 Å². The third kappa shape index (κ3) is 25.8. The monoisotopic (exact) mass is 1460 g/mol. The molecular formula is C88H100N14O7. The maximum absolute atomic E-state index is 12.5. The zero-order chi connectivity index (χ0) is 76.7. The number of aliphatic hydroxyl groups excluding tert-OH is 1. The molecule has 0 radical (unpaired) electrons. The van der Waals surface area contributed by atoms with Crippen LogP contribution < -0.4 is 0 Å².